The minimum absolute atomic E-state index is 0.0578. The van der Waals surface area contributed by atoms with Crippen LogP contribution in [-0.4, -0.2) is 29.9 Å². The van der Waals surface area contributed by atoms with Crippen molar-refractivity contribution in [3.63, 3.8) is 0 Å². The van der Waals surface area contributed by atoms with Gasteiger partial charge < -0.3 is 0 Å². The lowest BCUT2D eigenvalue weighted by Gasteiger charge is -1.94. The number of hydrogen-bond donors (Lipinski definition) is 0. The van der Waals surface area contributed by atoms with Crippen molar-refractivity contribution in [2.24, 2.45) is 0 Å². The molecule has 0 aliphatic rings. The van der Waals surface area contributed by atoms with Crippen LogP contribution in [-0.2, 0) is 19.7 Å². The summed E-state index contributed by atoms with van der Waals surface area (Å²) >= 11 is 0. The third kappa shape index (κ3) is 8.65. The van der Waals surface area contributed by atoms with E-state index in [0.29, 0.717) is 11.5 Å². The quantitative estimate of drug-likeness (QED) is 0.495. The molecule has 86 valence electrons. The normalized spacial score (nSPS) is 13.9. The predicted molar refractivity (Wildman–Crippen MR) is 68.8 cm³/mol. The Morgan fingerprint density at radius 2 is 1.87 bits per heavy atom. The van der Waals surface area contributed by atoms with E-state index in [1.54, 1.807) is 12.2 Å². The van der Waals surface area contributed by atoms with Crippen LogP contribution in [0.4, 0.5) is 0 Å². The van der Waals surface area contributed by atoms with E-state index in [2.05, 4.69) is 13.2 Å². The van der Waals surface area contributed by atoms with Gasteiger partial charge in [-0.1, -0.05) is 18.2 Å². The van der Waals surface area contributed by atoms with Gasteiger partial charge in [-0.05, 0) is 16.2 Å². The lowest BCUT2D eigenvalue weighted by Crippen LogP contribution is -1.98. The Hall–Kier alpha value is -0.330. The minimum Gasteiger partial charge on any atom is -0.259 e. The van der Waals surface area contributed by atoms with Gasteiger partial charge in [0.2, 0.25) is 8.87 Å². The van der Waals surface area contributed by atoms with Crippen molar-refractivity contribution in [2.45, 2.75) is 0 Å². The van der Waals surface area contributed by atoms with E-state index in [9.17, 15) is 12.6 Å². The molecule has 0 N–H and O–H groups in total. The minimum atomic E-state index is -3.15. The summed E-state index contributed by atoms with van der Waals surface area (Å²) in [6.45, 7) is 6.81. The molecule has 0 aliphatic heterocycles. The molecule has 6 heteroatoms. The largest absolute Gasteiger partial charge is 0.259 e. The van der Waals surface area contributed by atoms with E-state index < -0.39 is 19.7 Å². The van der Waals surface area contributed by atoms with Crippen molar-refractivity contribution < 1.29 is 12.6 Å². The van der Waals surface area contributed by atoms with Crippen LogP contribution >= 0.6 is 10.8 Å². The Bertz CT molecular complexity index is 355. The van der Waals surface area contributed by atoms with Gasteiger partial charge in [0, 0.05) is 22.3 Å². The van der Waals surface area contributed by atoms with Crippen molar-refractivity contribution in [1.82, 2.24) is 0 Å². The molecule has 0 saturated carbocycles. The van der Waals surface area contributed by atoms with Gasteiger partial charge in [-0.15, -0.1) is 13.2 Å². The topological polar surface area (TPSA) is 51.2 Å². The van der Waals surface area contributed by atoms with Gasteiger partial charge in [-0.25, -0.2) is 8.42 Å². The van der Waals surface area contributed by atoms with Gasteiger partial charge in [0.05, 0.1) is 5.75 Å². The highest BCUT2D eigenvalue weighted by Gasteiger charge is 2.05. The highest BCUT2D eigenvalue weighted by Crippen LogP contribution is 2.14. The van der Waals surface area contributed by atoms with E-state index in [1.807, 2.05) is 0 Å². The first-order valence-electron chi connectivity index (χ1n) is 4.14. The monoisotopic (exact) mass is 266 g/mol. The Labute approximate surface area is 97.1 Å². The molecule has 1 unspecified atom stereocenters. The molecule has 0 aromatic rings. The number of hydrogen-bond acceptors (Lipinski definition) is 4. The molecule has 0 aromatic heterocycles. The molecule has 0 bridgehead atoms. The second kappa shape index (κ2) is 7.90. The SMILES string of the molecule is C=CCS(=O)C/C=C/SS(=O)(=O)CC=C. The van der Waals surface area contributed by atoms with Crippen LogP contribution in [0.25, 0.3) is 0 Å². The van der Waals surface area contributed by atoms with Crippen LogP contribution < -0.4 is 0 Å². The molecule has 0 amide bonds. The van der Waals surface area contributed by atoms with Crippen LogP contribution in [0.15, 0.2) is 36.8 Å². The maximum absolute atomic E-state index is 11.1. The molecule has 0 fully saturated rings. The summed E-state index contributed by atoms with van der Waals surface area (Å²) in [7, 11) is -3.41. The average molecular weight is 266 g/mol. The van der Waals surface area contributed by atoms with Gasteiger partial charge in [-0.2, -0.15) is 0 Å². The molecule has 15 heavy (non-hydrogen) atoms. The van der Waals surface area contributed by atoms with E-state index in [4.69, 9.17) is 0 Å². The first kappa shape index (κ1) is 14.7. The molecule has 0 saturated heterocycles. The molecule has 1 atom stereocenters. The molecular formula is C9H14O3S3. The molecule has 0 aliphatic carbocycles. The summed E-state index contributed by atoms with van der Waals surface area (Å²) in [6, 6.07) is 0. The Kier molecular flexibility index (Phi) is 7.72. The van der Waals surface area contributed by atoms with Gasteiger partial charge in [0.15, 0.2) is 0 Å². The Morgan fingerprint density at radius 1 is 1.20 bits per heavy atom. The van der Waals surface area contributed by atoms with Crippen LogP contribution in [0, 0.1) is 0 Å². The second-order valence-corrected chi connectivity index (χ2v) is 8.10. The van der Waals surface area contributed by atoms with Crippen molar-refractivity contribution in [3.8, 4) is 0 Å². The maximum Gasteiger partial charge on any atom is 0.209 e. The zero-order valence-corrected chi connectivity index (χ0v) is 10.7. The van der Waals surface area contributed by atoms with Crippen molar-refractivity contribution in [2.75, 3.05) is 17.3 Å². The highest BCUT2D eigenvalue weighted by atomic mass is 33.1. The molecule has 0 aromatic carbocycles. The molecule has 0 radical (unpaired) electrons. The van der Waals surface area contributed by atoms with Gasteiger partial charge >= 0.3 is 0 Å². The smallest absolute Gasteiger partial charge is 0.209 e. The fraction of sp³-hybridized carbons (Fsp3) is 0.333. The summed E-state index contributed by atoms with van der Waals surface area (Å²) in [5.74, 6) is 0.717. The zero-order chi connectivity index (χ0) is 11.7. The summed E-state index contributed by atoms with van der Waals surface area (Å²) in [5.41, 5.74) is 0. The third-order valence-electron chi connectivity index (χ3n) is 1.21. The fourth-order valence-corrected chi connectivity index (χ4v) is 3.46. The van der Waals surface area contributed by atoms with Crippen molar-refractivity contribution in [3.05, 3.63) is 36.8 Å². The second-order valence-electron chi connectivity index (χ2n) is 2.54. The Morgan fingerprint density at radius 3 is 2.40 bits per heavy atom. The summed E-state index contributed by atoms with van der Waals surface area (Å²) in [6.07, 6.45) is 4.50. The maximum atomic E-state index is 11.1. The molecule has 0 heterocycles. The van der Waals surface area contributed by atoms with Crippen LogP contribution in [0.2, 0.25) is 0 Å². The summed E-state index contributed by atoms with van der Waals surface area (Å²) in [4.78, 5) is 0. The van der Waals surface area contributed by atoms with Crippen LogP contribution in [0.1, 0.15) is 0 Å². The predicted octanol–water partition coefficient (Wildman–Crippen LogP) is 1.68. The molecule has 0 spiro atoms. The first-order chi connectivity index (χ1) is 7.02. The van der Waals surface area contributed by atoms with Gasteiger partial charge in [0.1, 0.15) is 0 Å². The lowest BCUT2D eigenvalue weighted by molar-refractivity contribution is 0.613. The fourth-order valence-electron chi connectivity index (χ4n) is 0.654. The highest BCUT2D eigenvalue weighted by molar-refractivity contribution is 8.73. The van der Waals surface area contributed by atoms with Crippen LogP contribution in [0.5, 0.6) is 0 Å². The van der Waals surface area contributed by atoms with E-state index in [0.717, 1.165) is 10.8 Å². The number of rotatable bonds is 8. The first-order valence-corrected chi connectivity index (χ1v) is 8.68. The van der Waals surface area contributed by atoms with Crippen LogP contribution in [0.3, 0.4) is 0 Å². The third-order valence-corrected chi connectivity index (χ3v) is 5.24. The molecule has 3 nitrogen and oxygen atoms in total. The van der Waals surface area contributed by atoms with Gasteiger partial charge in [-0.3, -0.25) is 4.21 Å². The van der Waals surface area contributed by atoms with E-state index in [1.165, 1.54) is 11.5 Å². The van der Waals surface area contributed by atoms with Crippen molar-refractivity contribution >= 4 is 30.5 Å². The zero-order valence-electron chi connectivity index (χ0n) is 8.29. The average Bonchev–Trinajstić information content (AvgIpc) is 2.13. The van der Waals surface area contributed by atoms with E-state index in [-0.39, 0.29) is 5.75 Å². The van der Waals surface area contributed by atoms with Gasteiger partial charge in [0.25, 0.3) is 0 Å². The standard InChI is InChI=1S/C9H14O3S3/c1-3-7-14(10)8-5-6-13-15(11,12)9-4-2/h3-6H,1-2,7-9H2/b6-5+. The Balaban J connectivity index is 3.95. The lowest BCUT2D eigenvalue weighted by atomic mass is 10.8. The molecule has 0 rings (SSSR count). The summed E-state index contributed by atoms with van der Waals surface area (Å²) < 4.78 is 33.4. The van der Waals surface area contributed by atoms with Crippen molar-refractivity contribution in [1.29, 1.82) is 0 Å². The molecular weight excluding hydrogens is 252 g/mol. The summed E-state index contributed by atoms with van der Waals surface area (Å²) in [5, 5.41) is 1.44. The van der Waals surface area contributed by atoms with E-state index >= 15 is 0 Å².